The summed E-state index contributed by atoms with van der Waals surface area (Å²) in [6, 6.07) is 6.33. The molecule has 0 bridgehead atoms. The van der Waals surface area contributed by atoms with Crippen LogP contribution < -0.4 is 5.32 Å². The summed E-state index contributed by atoms with van der Waals surface area (Å²) < 4.78 is 1.15. The fourth-order valence-corrected chi connectivity index (χ4v) is 1.43. The van der Waals surface area contributed by atoms with Crippen molar-refractivity contribution in [2.45, 2.75) is 13.5 Å². The predicted octanol–water partition coefficient (Wildman–Crippen LogP) is 2.48. The van der Waals surface area contributed by atoms with Gasteiger partial charge in [-0.05, 0) is 37.2 Å². The molecule has 1 nitrogen and oxygen atoms in total. The molecule has 1 rings (SSSR count). The van der Waals surface area contributed by atoms with Crippen LogP contribution >= 0.6 is 15.9 Å². The molecule has 0 unspecified atom stereocenters. The maximum Gasteiger partial charge on any atom is 0.0205 e. The minimum atomic E-state index is 0.936. The Kier molecular flexibility index (Phi) is 3.09. The van der Waals surface area contributed by atoms with E-state index in [2.05, 4.69) is 46.4 Å². The molecule has 0 aromatic heterocycles. The summed E-state index contributed by atoms with van der Waals surface area (Å²) in [4.78, 5) is 0. The molecule has 0 saturated heterocycles. The molecule has 1 aromatic rings. The van der Waals surface area contributed by atoms with Gasteiger partial charge in [-0.1, -0.05) is 22.0 Å². The lowest BCUT2D eigenvalue weighted by Gasteiger charge is -2.04. The summed E-state index contributed by atoms with van der Waals surface area (Å²) in [6.07, 6.45) is 0. The van der Waals surface area contributed by atoms with Gasteiger partial charge in [-0.2, -0.15) is 0 Å². The van der Waals surface area contributed by atoms with E-state index in [9.17, 15) is 0 Å². The lowest BCUT2D eigenvalue weighted by molar-refractivity contribution is 0.811. The quantitative estimate of drug-likeness (QED) is 0.797. The van der Waals surface area contributed by atoms with Gasteiger partial charge in [0, 0.05) is 11.0 Å². The van der Waals surface area contributed by atoms with Crippen LogP contribution in [-0.4, -0.2) is 7.05 Å². The molecule has 2 heteroatoms. The molecule has 0 aliphatic carbocycles. The number of benzene rings is 1. The Morgan fingerprint density at radius 3 is 2.82 bits per heavy atom. The molecule has 60 valence electrons. The summed E-state index contributed by atoms with van der Waals surface area (Å²) in [5.74, 6) is 0. The number of aryl methyl sites for hydroxylation is 1. The van der Waals surface area contributed by atoms with E-state index in [0.717, 1.165) is 11.0 Å². The van der Waals surface area contributed by atoms with Gasteiger partial charge < -0.3 is 5.32 Å². The topological polar surface area (TPSA) is 12.0 Å². The van der Waals surface area contributed by atoms with Crippen molar-refractivity contribution in [3.05, 3.63) is 33.8 Å². The number of hydrogen-bond acceptors (Lipinski definition) is 1. The summed E-state index contributed by atoms with van der Waals surface area (Å²) >= 11 is 3.44. The maximum absolute atomic E-state index is 3.44. The smallest absolute Gasteiger partial charge is 0.0205 e. The monoisotopic (exact) mass is 213 g/mol. The maximum atomic E-state index is 3.44. The van der Waals surface area contributed by atoms with Crippen molar-refractivity contribution in [1.82, 2.24) is 5.32 Å². The lowest BCUT2D eigenvalue weighted by Crippen LogP contribution is -2.06. The van der Waals surface area contributed by atoms with E-state index in [1.165, 1.54) is 11.1 Å². The zero-order valence-corrected chi connectivity index (χ0v) is 8.40. The molecule has 0 heterocycles. The van der Waals surface area contributed by atoms with E-state index in [1.807, 2.05) is 7.05 Å². The highest BCUT2D eigenvalue weighted by Crippen LogP contribution is 2.15. The third-order valence-electron chi connectivity index (χ3n) is 1.68. The van der Waals surface area contributed by atoms with Crippen LogP contribution in [0.25, 0.3) is 0 Å². The third kappa shape index (κ3) is 2.31. The highest BCUT2D eigenvalue weighted by molar-refractivity contribution is 9.10. The van der Waals surface area contributed by atoms with Crippen LogP contribution in [0.5, 0.6) is 0 Å². The Bertz CT molecular complexity index is 245. The first-order valence-corrected chi connectivity index (χ1v) is 4.43. The van der Waals surface area contributed by atoms with Gasteiger partial charge in [-0.3, -0.25) is 0 Å². The SMILES string of the molecule is CNCc1cc(Br)ccc1C. The Balaban J connectivity index is 2.93. The van der Waals surface area contributed by atoms with Crippen molar-refractivity contribution in [1.29, 1.82) is 0 Å². The first-order valence-electron chi connectivity index (χ1n) is 3.63. The summed E-state index contributed by atoms with van der Waals surface area (Å²) in [6.45, 7) is 3.06. The number of rotatable bonds is 2. The largest absolute Gasteiger partial charge is 0.316 e. The van der Waals surface area contributed by atoms with Crippen molar-refractivity contribution in [2.75, 3.05) is 7.05 Å². The van der Waals surface area contributed by atoms with Crippen LogP contribution in [0, 0.1) is 6.92 Å². The summed E-state index contributed by atoms with van der Waals surface area (Å²) in [7, 11) is 1.96. The molecule has 0 radical (unpaired) electrons. The predicted molar refractivity (Wildman–Crippen MR) is 51.6 cm³/mol. The number of halogens is 1. The van der Waals surface area contributed by atoms with Crippen LogP contribution in [0.15, 0.2) is 22.7 Å². The number of hydrogen-bond donors (Lipinski definition) is 1. The van der Waals surface area contributed by atoms with Crippen LogP contribution in [-0.2, 0) is 6.54 Å². The molecule has 0 fully saturated rings. The first-order chi connectivity index (χ1) is 5.24. The van der Waals surface area contributed by atoms with E-state index in [-0.39, 0.29) is 0 Å². The second-order valence-electron chi connectivity index (χ2n) is 2.60. The fourth-order valence-electron chi connectivity index (χ4n) is 1.02. The highest BCUT2D eigenvalue weighted by atomic mass is 79.9. The Hall–Kier alpha value is -0.340. The lowest BCUT2D eigenvalue weighted by atomic mass is 10.1. The standard InChI is InChI=1S/C9H12BrN/c1-7-3-4-9(10)5-8(7)6-11-2/h3-5,11H,6H2,1-2H3. The van der Waals surface area contributed by atoms with Gasteiger partial charge >= 0.3 is 0 Å². The fraction of sp³-hybridized carbons (Fsp3) is 0.333. The summed E-state index contributed by atoms with van der Waals surface area (Å²) in [5, 5.41) is 3.13. The van der Waals surface area contributed by atoms with Crippen molar-refractivity contribution < 1.29 is 0 Å². The van der Waals surface area contributed by atoms with Gasteiger partial charge in [0.15, 0.2) is 0 Å². The van der Waals surface area contributed by atoms with Crippen LogP contribution in [0.1, 0.15) is 11.1 Å². The molecule has 11 heavy (non-hydrogen) atoms. The van der Waals surface area contributed by atoms with Gasteiger partial charge in [0.05, 0.1) is 0 Å². The Morgan fingerprint density at radius 2 is 2.18 bits per heavy atom. The molecule has 0 saturated carbocycles. The molecule has 0 aliphatic rings. The molecule has 1 aromatic carbocycles. The molecule has 0 spiro atoms. The molecule has 0 amide bonds. The van der Waals surface area contributed by atoms with Gasteiger partial charge in [-0.15, -0.1) is 0 Å². The van der Waals surface area contributed by atoms with Gasteiger partial charge in [0.2, 0.25) is 0 Å². The second-order valence-corrected chi connectivity index (χ2v) is 3.52. The van der Waals surface area contributed by atoms with Crippen molar-refractivity contribution in [3.8, 4) is 0 Å². The van der Waals surface area contributed by atoms with E-state index >= 15 is 0 Å². The summed E-state index contributed by atoms with van der Waals surface area (Å²) in [5.41, 5.74) is 2.68. The van der Waals surface area contributed by atoms with Crippen LogP contribution in [0.2, 0.25) is 0 Å². The third-order valence-corrected chi connectivity index (χ3v) is 2.17. The van der Waals surface area contributed by atoms with Gasteiger partial charge in [-0.25, -0.2) is 0 Å². The Morgan fingerprint density at radius 1 is 1.45 bits per heavy atom. The van der Waals surface area contributed by atoms with Crippen molar-refractivity contribution in [2.24, 2.45) is 0 Å². The highest BCUT2D eigenvalue weighted by Gasteiger charge is 1.96. The molecular formula is C9H12BrN. The normalized spacial score (nSPS) is 10.1. The van der Waals surface area contributed by atoms with Gasteiger partial charge in [0.25, 0.3) is 0 Å². The molecular weight excluding hydrogens is 202 g/mol. The van der Waals surface area contributed by atoms with Crippen LogP contribution in [0.3, 0.4) is 0 Å². The average Bonchev–Trinajstić information content (AvgIpc) is 1.98. The van der Waals surface area contributed by atoms with Crippen molar-refractivity contribution in [3.63, 3.8) is 0 Å². The molecule has 1 N–H and O–H groups in total. The zero-order valence-electron chi connectivity index (χ0n) is 6.82. The van der Waals surface area contributed by atoms with Crippen LogP contribution in [0.4, 0.5) is 0 Å². The minimum Gasteiger partial charge on any atom is -0.316 e. The molecule has 0 atom stereocenters. The Labute approximate surface area is 75.9 Å². The van der Waals surface area contributed by atoms with E-state index in [4.69, 9.17) is 0 Å². The zero-order chi connectivity index (χ0) is 8.27. The van der Waals surface area contributed by atoms with E-state index in [1.54, 1.807) is 0 Å². The van der Waals surface area contributed by atoms with E-state index in [0.29, 0.717) is 0 Å². The van der Waals surface area contributed by atoms with Gasteiger partial charge in [0.1, 0.15) is 0 Å². The second kappa shape index (κ2) is 3.88. The van der Waals surface area contributed by atoms with E-state index < -0.39 is 0 Å². The van der Waals surface area contributed by atoms with Crippen molar-refractivity contribution >= 4 is 15.9 Å². The molecule has 0 aliphatic heterocycles. The number of nitrogens with one attached hydrogen (secondary N) is 1. The average molecular weight is 214 g/mol. The first kappa shape index (κ1) is 8.75. The minimum absolute atomic E-state index is 0.936.